The van der Waals surface area contributed by atoms with E-state index >= 15 is 0 Å². The van der Waals surface area contributed by atoms with Crippen LogP contribution >= 0.6 is 0 Å². The fourth-order valence-electron chi connectivity index (χ4n) is 5.75. The first-order valence-electron chi connectivity index (χ1n) is 12.7. The first kappa shape index (κ1) is 23.6. The predicted octanol–water partition coefficient (Wildman–Crippen LogP) is 4.11. The number of allylic oxidation sites excluding steroid dienone is 2. The number of benzene rings is 1. The van der Waals surface area contributed by atoms with Gasteiger partial charge in [-0.05, 0) is 62.1 Å². The summed E-state index contributed by atoms with van der Waals surface area (Å²) in [5.41, 5.74) is 7.16. The summed E-state index contributed by atoms with van der Waals surface area (Å²) in [4.78, 5) is 9.51. The minimum atomic E-state index is 0.144. The molecule has 1 saturated heterocycles. The topological polar surface area (TPSA) is 63.9 Å². The van der Waals surface area contributed by atoms with Gasteiger partial charge in [0.05, 0.1) is 23.8 Å². The fourth-order valence-corrected chi connectivity index (χ4v) is 5.75. The zero-order chi connectivity index (χ0) is 24.4. The third-order valence-corrected chi connectivity index (χ3v) is 7.32. The lowest BCUT2D eigenvalue weighted by Gasteiger charge is -2.40. The summed E-state index contributed by atoms with van der Waals surface area (Å²) in [7, 11) is 2.19. The molecule has 0 bridgehead atoms. The van der Waals surface area contributed by atoms with E-state index in [4.69, 9.17) is 10.00 Å². The molecule has 5 rings (SSSR count). The number of morpholine rings is 1. The summed E-state index contributed by atoms with van der Waals surface area (Å²) in [6.45, 7) is 7.98. The molecule has 0 amide bonds. The quantitative estimate of drug-likeness (QED) is 0.703. The Balaban J connectivity index is 1.29. The molecule has 6 nitrogen and oxygen atoms in total. The Morgan fingerprint density at radius 3 is 2.69 bits per heavy atom. The first-order valence-corrected chi connectivity index (χ1v) is 12.7. The molecule has 4 atom stereocenters. The van der Waals surface area contributed by atoms with Crippen LogP contribution in [0.4, 0.5) is 0 Å². The SMILES string of the molecule is C[C@@H]1CN(C2=CC(CN(C)C3=CCNC4C3=CN=CC4c3ccc(C#N)cc3)=CCC2)C[C@H](C)O1. The number of nitriles is 1. The van der Waals surface area contributed by atoms with Crippen molar-refractivity contribution >= 4 is 6.21 Å². The van der Waals surface area contributed by atoms with E-state index in [2.05, 4.69) is 65.3 Å². The smallest absolute Gasteiger partial charge is 0.0991 e. The fraction of sp³-hybridized carbons (Fsp3) is 0.448. The highest BCUT2D eigenvalue weighted by Crippen LogP contribution is 2.34. The van der Waals surface area contributed by atoms with Gasteiger partial charge in [-0.25, -0.2) is 0 Å². The summed E-state index contributed by atoms with van der Waals surface area (Å²) < 4.78 is 5.94. The Labute approximate surface area is 209 Å². The average molecular weight is 470 g/mol. The highest BCUT2D eigenvalue weighted by atomic mass is 16.5. The van der Waals surface area contributed by atoms with Gasteiger partial charge in [0.15, 0.2) is 0 Å². The maximum Gasteiger partial charge on any atom is 0.0991 e. The number of fused-ring (bicyclic) bond motifs is 1. The van der Waals surface area contributed by atoms with E-state index in [1.165, 1.54) is 28.1 Å². The van der Waals surface area contributed by atoms with Crippen LogP contribution in [0.25, 0.3) is 0 Å². The molecule has 3 heterocycles. The maximum absolute atomic E-state index is 9.14. The molecule has 1 aromatic rings. The summed E-state index contributed by atoms with van der Waals surface area (Å²) >= 11 is 0. The van der Waals surface area contributed by atoms with Crippen molar-refractivity contribution in [1.29, 1.82) is 5.26 Å². The zero-order valence-electron chi connectivity index (χ0n) is 20.9. The van der Waals surface area contributed by atoms with E-state index in [9.17, 15) is 0 Å². The molecule has 2 unspecified atom stereocenters. The van der Waals surface area contributed by atoms with Crippen molar-refractivity contribution in [2.45, 2.75) is 50.9 Å². The number of ether oxygens (including phenoxy) is 1. The minimum absolute atomic E-state index is 0.144. The van der Waals surface area contributed by atoms with E-state index < -0.39 is 0 Å². The van der Waals surface area contributed by atoms with E-state index in [1.807, 2.05) is 36.7 Å². The molecule has 1 aliphatic carbocycles. The van der Waals surface area contributed by atoms with Gasteiger partial charge in [0.25, 0.3) is 0 Å². The molecule has 1 aromatic carbocycles. The van der Waals surface area contributed by atoms with Crippen LogP contribution in [-0.4, -0.2) is 67.5 Å². The van der Waals surface area contributed by atoms with Gasteiger partial charge in [0, 0.05) is 74.6 Å². The second-order valence-electron chi connectivity index (χ2n) is 10.1. The Morgan fingerprint density at radius 2 is 1.94 bits per heavy atom. The van der Waals surface area contributed by atoms with Gasteiger partial charge >= 0.3 is 0 Å². The van der Waals surface area contributed by atoms with E-state index in [1.54, 1.807) is 0 Å². The molecule has 0 spiro atoms. The van der Waals surface area contributed by atoms with Crippen molar-refractivity contribution in [2.75, 3.05) is 33.2 Å². The number of likely N-dealkylation sites (N-methyl/N-ethyl adjacent to an activating group) is 1. The number of nitrogens with one attached hydrogen (secondary N) is 1. The summed E-state index contributed by atoms with van der Waals surface area (Å²) in [6.07, 6.45) is 13.8. The van der Waals surface area contributed by atoms with Gasteiger partial charge < -0.3 is 19.9 Å². The number of hydrogen-bond acceptors (Lipinski definition) is 6. The largest absolute Gasteiger partial charge is 0.372 e. The summed E-state index contributed by atoms with van der Waals surface area (Å²) in [6, 6.07) is 10.3. The molecule has 0 saturated carbocycles. The van der Waals surface area contributed by atoms with Gasteiger partial charge in [0.1, 0.15) is 0 Å². The van der Waals surface area contributed by atoms with Gasteiger partial charge in [-0.1, -0.05) is 18.2 Å². The van der Waals surface area contributed by atoms with Crippen LogP contribution in [0.15, 0.2) is 76.2 Å². The van der Waals surface area contributed by atoms with Gasteiger partial charge in [-0.15, -0.1) is 0 Å². The van der Waals surface area contributed by atoms with Crippen molar-refractivity contribution in [3.63, 3.8) is 0 Å². The molecule has 35 heavy (non-hydrogen) atoms. The molecule has 0 radical (unpaired) electrons. The van der Waals surface area contributed by atoms with Crippen LogP contribution in [0.2, 0.25) is 0 Å². The molecule has 4 aliphatic rings. The molecular weight excluding hydrogens is 434 g/mol. The van der Waals surface area contributed by atoms with Crippen LogP contribution in [-0.2, 0) is 4.74 Å². The monoisotopic (exact) mass is 469 g/mol. The molecular formula is C29H35N5O. The van der Waals surface area contributed by atoms with Gasteiger partial charge in [-0.3, -0.25) is 4.99 Å². The Bertz CT molecular complexity index is 1130. The molecule has 1 fully saturated rings. The predicted molar refractivity (Wildman–Crippen MR) is 140 cm³/mol. The zero-order valence-corrected chi connectivity index (χ0v) is 20.9. The third kappa shape index (κ3) is 5.12. The average Bonchev–Trinajstić information content (AvgIpc) is 2.87. The number of hydrogen-bond donors (Lipinski definition) is 1. The molecule has 3 aliphatic heterocycles. The highest BCUT2D eigenvalue weighted by molar-refractivity contribution is 5.74. The van der Waals surface area contributed by atoms with Crippen LogP contribution in [0, 0.1) is 11.3 Å². The van der Waals surface area contributed by atoms with Gasteiger partial charge in [0.2, 0.25) is 0 Å². The van der Waals surface area contributed by atoms with Crippen LogP contribution in [0.3, 0.4) is 0 Å². The number of aliphatic imine (C=N–C) groups is 1. The van der Waals surface area contributed by atoms with E-state index in [0.717, 1.165) is 39.0 Å². The van der Waals surface area contributed by atoms with Crippen LogP contribution < -0.4 is 5.32 Å². The van der Waals surface area contributed by atoms with Crippen molar-refractivity contribution in [1.82, 2.24) is 15.1 Å². The second-order valence-corrected chi connectivity index (χ2v) is 10.1. The number of nitrogens with zero attached hydrogens (tertiary/aromatic N) is 4. The second kappa shape index (κ2) is 10.2. The summed E-state index contributed by atoms with van der Waals surface area (Å²) in [5, 5.41) is 12.8. The lowest BCUT2D eigenvalue weighted by atomic mass is 9.83. The third-order valence-electron chi connectivity index (χ3n) is 7.32. The summed E-state index contributed by atoms with van der Waals surface area (Å²) in [5.74, 6) is 0.144. The highest BCUT2D eigenvalue weighted by Gasteiger charge is 2.32. The van der Waals surface area contributed by atoms with Crippen molar-refractivity contribution in [3.8, 4) is 6.07 Å². The van der Waals surface area contributed by atoms with Crippen LogP contribution in [0.5, 0.6) is 0 Å². The van der Waals surface area contributed by atoms with Crippen molar-refractivity contribution in [2.24, 2.45) is 4.99 Å². The van der Waals surface area contributed by atoms with Crippen molar-refractivity contribution in [3.05, 3.63) is 82.4 Å². The van der Waals surface area contributed by atoms with Crippen LogP contribution in [0.1, 0.15) is 43.7 Å². The normalized spacial score (nSPS) is 28.2. The Morgan fingerprint density at radius 1 is 1.17 bits per heavy atom. The molecule has 1 N–H and O–H groups in total. The van der Waals surface area contributed by atoms with E-state index in [-0.39, 0.29) is 24.2 Å². The van der Waals surface area contributed by atoms with Crippen molar-refractivity contribution < 1.29 is 4.74 Å². The molecule has 182 valence electrons. The van der Waals surface area contributed by atoms with Gasteiger partial charge in [-0.2, -0.15) is 5.26 Å². The minimum Gasteiger partial charge on any atom is -0.372 e. The Kier molecular flexibility index (Phi) is 6.90. The Hall–Kier alpha value is -3.14. The van der Waals surface area contributed by atoms with E-state index in [0.29, 0.717) is 5.56 Å². The molecule has 6 heteroatoms. The lowest BCUT2D eigenvalue weighted by molar-refractivity contribution is -0.0587. The first-order chi connectivity index (χ1) is 17.0. The molecule has 0 aromatic heterocycles. The maximum atomic E-state index is 9.14. The number of rotatable bonds is 5. The lowest BCUT2D eigenvalue weighted by Crippen LogP contribution is -2.45. The standard InChI is InChI=1S/C29H35N5O/c1-20-17-34(18-21(2)35-20)25-6-4-5-23(13-25)19-33(3)28-11-12-32-29-26(15-31-16-27(28)29)24-9-7-22(14-30)8-10-24/h5,7-11,13,15-16,20-21,26,29,32H,4,6,12,17-19H2,1-3H3/t20-,21+,26?,29?.